The van der Waals surface area contributed by atoms with Crippen LogP contribution >= 0.6 is 0 Å². The first-order valence-corrected chi connectivity index (χ1v) is 9.13. The second-order valence-electron chi connectivity index (χ2n) is 6.77. The van der Waals surface area contributed by atoms with E-state index in [-0.39, 0.29) is 0 Å². The molecule has 0 unspecified atom stereocenters. The third-order valence-corrected chi connectivity index (χ3v) is 4.84. The Morgan fingerprint density at radius 2 is 2.04 bits per heavy atom. The van der Waals surface area contributed by atoms with Crippen LogP contribution in [0.5, 0.6) is 5.75 Å². The Bertz CT molecular complexity index is 659. The number of ether oxygens (including phenoxy) is 1. The molecule has 25 heavy (non-hydrogen) atoms. The first kappa shape index (κ1) is 17.8. The van der Waals surface area contributed by atoms with Crippen molar-refractivity contribution in [1.29, 1.82) is 0 Å². The molecule has 1 aliphatic heterocycles. The summed E-state index contributed by atoms with van der Waals surface area (Å²) >= 11 is 0. The Hall–Kier alpha value is -2.04. The summed E-state index contributed by atoms with van der Waals surface area (Å²) in [6.07, 6.45) is 1.11. The van der Waals surface area contributed by atoms with Crippen LogP contribution in [0.4, 0.5) is 5.69 Å². The summed E-state index contributed by atoms with van der Waals surface area (Å²) in [6.45, 7) is 7.42. The number of nitrogens with zero attached hydrogens (tertiary/aromatic N) is 1. The number of nitrogens with one attached hydrogen (secondary N) is 2. The quantitative estimate of drug-likeness (QED) is 0.812. The first-order valence-electron chi connectivity index (χ1n) is 9.13. The van der Waals surface area contributed by atoms with Crippen molar-refractivity contribution in [3.63, 3.8) is 0 Å². The van der Waals surface area contributed by atoms with Gasteiger partial charge in [-0.2, -0.15) is 0 Å². The van der Waals surface area contributed by atoms with E-state index >= 15 is 0 Å². The van der Waals surface area contributed by atoms with E-state index in [1.54, 1.807) is 7.11 Å². The van der Waals surface area contributed by atoms with Crippen molar-refractivity contribution >= 4 is 5.69 Å². The Morgan fingerprint density at radius 3 is 2.84 bits per heavy atom. The number of aryl methyl sites for hydroxylation is 1. The van der Waals surface area contributed by atoms with Crippen LogP contribution in [0, 0.1) is 6.92 Å². The Morgan fingerprint density at radius 1 is 1.20 bits per heavy atom. The molecule has 1 heterocycles. The molecule has 2 N–H and O–H groups in total. The Balaban J connectivity index is 1.47. The molecular weight excluding hydrogens is 310 g/mol. The molecule has 4 nitrogen and oxygen atoms in total. The average molecular weight is 339 g/mol. The lowest BCUT2D eigenvalue weighted by atomic mass is 10.1. The summed E-state index contributed by atoms with van der Waals surface area (Å²) < 4.78 is 5.32. The van der Waals surface area contributed by atoms with Crippen molar-refractivity contribution in [3.8, 4) is 5.75 Å². The maximum atomic E-state index is 5.32. The second kappa shape index (κ2) is 8.88. The fraction of sp³-hybridized carbons (Fsp3) is 0.429. The Kier molecular flexibility index (Phi) is 6.31. The van der Waals surface area contributed by atoms with Crippen LogP contribution in [-0.4, -0.2) is 44.2 Å². The molecule has 134 valence electrons. The molecule has 3 rings (SSSR count). The van der Waals surface area contributed by atoms with E-state index < -0.39 is 0 Å². The van der Waals surface area contributed by atoms with Gasteiger partial charge in [-0.3, -0.25) is 4.90 Å². The largest absolute Gasteiger partial charge is 0.497 e. The minimum atomic E-state index is 0.538. The summed E-state index contributed by atoms with van der Waals surface area (Å²) in [5.74, 6) is 0.901. The van der Waals surface area contributed by atoms with Gasteiger partial charge in [0.15, 0.2) is 0 Å². The zero-order valence-electron chi connectivity index (χ0n) is 15.3. The standard InChI is InChI=1S/C21H29N3O/c1-17-8-9-20(25-2)14-21(17)23-11-10-19-16-24(13-12-22-19)15-18-6-4-3-5-7-18/h3-9,14,19,22-23H,10-13,15-16H2,1-2H3/t19-/m1/s1. The summed E-state index contributed by atoms with van der Waals surface area (Å²) in [5.41, 5.74) is 3.81. The third kappa shape index (κ3) is 5.21. The molecule has 0 aliphatic carbocycles. The molecule has 0 saturated carbocycles. The van der Waals surface area contributed by atoms with Crippen LogP contribution in [-0.2, 0) is 6.54 Å². The van der Waals surface area contributed by atoms with Gasteiger partial charge >= 0.3 is 0 Å². The van der Waals surface area contributed by atoms with E-state index in [2.05, 4.69) is 64.9 Å². The molecule has 2 aromatic rings. The van der Waals surface area contributed by atoms with Crippen molar-refractivity contribution in [1.82, 2.24) is 10.2 Å². The molecule has 2 aromatic carbocycles. The maximum Gasteiger partial charge on any atom is 0.120 e. The molecule has 4 heteroatoms. The molecule has 1 saturated heterocycles. The normalized spacial score (nSPS) is 18.1. The van der Waals surface area contributed by atoms with Gasteiger partial charge in [-0.15, -0.1) is 0 Å². The highest BCUT2D eigenvalue weighted by Gasteiger charge is 2.19. The van der Waals surface area contributed by atoms with E-state index in [0.29, 0.717) is 6.04 Å². The molecule has 1 atom stereocenters. The van der Waals surface area contributed by atoms with Crippen LogP contribution in [0.25, 0.3) is 0 Å². The number of benzene rings is 2. The number of anilines is 1. The van der Waals surface area contributed by atoms with Gasteiger partial charge in [0.25, 0.3) is 0 Å². The number of methoxy groups -OCH3 is 1. The van der Waals surface area contributed by atoms with Crippen molar-refractivity contribution in [2.45, 2.75) is 25.9 Å². The van der Waals surface area contributed by atoms with Gasteiger partial charge in [-0.05, 0) is 30.5 Å². The summed E-state index contributed by atoms with van der Waals surface area (Å²) in [6, 6.07) is 17.5. The van der Waals surface area contributed by atoms with Crippen LogP contribution in [0.2, 0.25) is 0 Å². The van der Waals surface area contributed by atoms with E-state index in [9.17, 15) is 0 Å². The van der Waals surface area contributed by atoms with Gasteiger partial charge in [-0.25, -0.2) is 0 Å². The highest BCUT2D eigenvalue weighted by atomic mass is 16.5. The molecule has 1 aliphatic rings. The van der Waals surface area contributed by atoms with E-state index in [4.69, 9.17) is 4.74 Å². The lowest BCUT2D eigenvalue weighted by Gasteiger charge is -2.34. The maximum absolute atomic E-state index is 5.32. The van der Waals surface area contributed by atoms with Gasteiger partial charge in [0.2, 0.25) is 0 Å². The third-order valence-electron chi connectivity index (χ3n) is 4.84. The lowest BCUT2D eigenvalue weighted by molar-refractivity contribution is 0.189. The number of piperazine rings is 1. The minimum Gasteiger partial charge on any atom is -0.497 e. The van der Waals surface area contributed by atoms with E-state index in [1.165, 1.54) is 11.1 Å². The van der Waals surface area contributed by atoms with Crippen LogP contribution in [0.3, 0.4) is 0 Å². The van der Waals surface area contributed by atoms with Crippen LogP contribution in [0.15, 0.2) is 48.5 Å². The van der Waals surface area contributed by atoms with Gasteiger partial charge in [0.1, 0.15) is 5.75 Å². The predicted octanol–water partition coefficient (Wildman–Crippen LogP) is 3.28. The van der Waals surface area contributed by atoms with E-state index in [1.807, 2.05) is 6.07 Å². The van der Waals surface area contributed by atoms with Gasteiger partial charge in [-0.1, -0.05) is 36.4 Å². The zero-order chi connectivity index (χ0) is 17.5. The predicted molar refractivity (Wildman–Crippen MR) is 104 cm³/mol. The molecule has 1 fully saturated rings. The van der Waals surface area contributed by atoms with Crippen molar-refractivity contribution in [3.05, 3.63) is 59.7 Å². The van der Waals surface area contributed by atoms with Crippen molar-refractivity contribution < 1.29 is 4.74 Å². The molecule has 0 spiro atoms. The monoisotopic (exact) mass is 339 g/mol. The lowest BCUT2D eigenvalue weighted by Crippen LogP contribution is -2.50. The first-order chi connectivity index (χ1) is 12.2. The summed E-state index contributed by atoms with van der Waals surface area (Å²) in [4.78, 5) is 2.55. The number of hydrogen-bond acceptors (Lipinski definition) is 4. The highest BCUT2D eigenvalue weighted by molar-refractivity contribution is 5.54. The second-order valence-corrected chi connectivity index (χ2v) is 6.77. The smallest absolute Gasteiger partial charge is 0.120 e. The van der Waals surface area contributed by atoms with Gasteiger partial charge in [0.05, 0.1) is 7.11 Å². The topological polar surface area (TPSA) is 36.5 Å². The molecule has 0 bridgehead atoms. The summed E-state index contributed by atoms with van der Waals surface area (Å²) in [5, 5.41) is 7.21. The zero-order valence-corrected chi connectivity index (χ0v) is 15.3. The molecule has 0 amide bonds. The van der Waals surface area contributed by atoms with Crippen molar-refractivity contribution in [2.24, 2.45) is 0 Å². The SMILES string of the molecule is COc1ccc(C)c(NCC[C@@H]2CN(Cc3ccccc3)CCN2)c1. The van der Waals surface area contributed by atoms with Crippen molar-refractivity contribution in [2.75, 3.05) is 38.6 Å². The van der Waals surface area contributed by atoms with Gasteiger partial charge in [0, 0.05) is 50.5 Å². The number of rotatable bonds is 7. The molecular formula is C21H29N3O. The van der Waals surface area contributed by atoms with Crippen LogP contribution < -0.4 is 15.4 Å². The number of hydrogen-bond donors (Lipinski definition) is 2. The van der Waals surface area contributed by atoms with E-state index in [0.717, 1.165) is 50.6 Å². The van der Waals surface area contributed by atoms with Crippen LogP contribution in [0.1, 0.15) is 17.5 Å². The highest BCUT2D eigenvalue weighted by Crippen LogP contribution is 2.21. The Labute approximate surface area is 151 Å². The molecule has 0 radical (unpaired) electrons. The molecule has 0 aromatic heterocycles. The minimum absolute atomic E-state index is 0.538. The average Bonchev–Trinajstić information content (AvgIpc) is 2.64. The van der Waals surface area contributed by atoms with Gasteiger partial charge < -0.3 is 15.4 Å². The fourth-order valence-electron chi connectivity index (χ4n) is 3.37. The summed E-state index contributed by atoms with van der Waals surface area (Å²) in [7, 11) is 1.71. The fourth-order valence-corrected chi connectivity index (χ4v) is 3.37.